The van der Waals surface area contributed by atoms with Crippen molar-refractivity contribution in [1.82, 2.24) is 0 Å². The molecule has 0 aliphatic heterocycles. The number of Topliss-reactive ketones (excluding diaryl/α,β-unsaturated/α-hetero) is 1. The molecule has 0 unspecified atom stereocenters. The summed E-state index contributed by atoms with van der Waals surface area (Å²) in [6.45, 7) is 1.99. The molecule has 1 aliphatic rings. The molecule has 0 heterocycles. The van der Waals surface area contributed by atoms with Gasteiger partial charge in [-0.05, 0) is 49.8 Å². The smallest absolute Gasteiger partial charge is 0.188 e. The van der Waals surface area contributed by atoms with E-state index < -0.39 is 0 Å². The largest absolute Gasteiger partial charge is 0.289 e. The van der Waals surface area contributed by atoms with Gasteiger partial charge in [-0.1, -0.05) is 34.1 Å². The molecule has 0 fully saturated rings. The van der Waals surface area contributed by atoms with Crippen molar-refractivity contribution in [3.63, 3.8) is 0 Å². The van der Waals surface area contributed by atoms with E-state index in [2.05, 4.69) is 22.0 Å². The van der Waals surface area contributed by atoms with Gasteiger partial charge in [-0.3, -0.25) is 4.79 Å². The van der Waals surface area contributed by atoms with Gasteiger partial charge in [-0.25, -0.2) is 0 Å². The van der Waals surface area contributed by atoms with E-state index in [9.17, 15) is 4.79 Å². The quantitative estimate of drug-likeness (QED) is 0.731. The van der Waals surface area contributed by atoms with Crippen molar-refractivity contribution in [1.29, 1.82) is 0 Å². The molecule has 2 rings (SSSR count). The van der Waals surface area contributed by atoms with E-state index in [1.807, 2.05) is 25.1 Å². The number of carbonyl (C=O) groups excluding carboxylic acids is 1. The Hall–Kier alpha value is -0.890. The third kappa shape index (κ3) is 2.27. The first-order valence-corrected chi connectivity index (χ1v) is 6.48. The number of carbonyl (C=O) groups is 1. The molecular formula is C14H15BrO. The Labute approximate surface area is 105 Å². The number of hydrogen-bond acceptors (Lipinski definition) is 1. The van der Waals surface area contributed by atoms with Gasteiger partial charge in [0.15, 0.2) is 5.78 Å². The lowest BCUT2D eigenvalue weighted by atomic mass is 9.91. The minimum atomic E-state index is 0.207. The Bertz CT molecular complexity index is 446. The van der Waals surface area contributed by atoms with E-state index in [-0.39, 0.29) is 5.78 Å². The van der Waals surface area contributed by atoms with Crippen molar-refractivity contribution in [3.8, 4) is 0 Å². The molecule has 0 saturated carbocycles. The SMILES string of the molecule is Cc1c(Br)cccc1C(=O)C1=CCCCC1. The van der Waals surface area contributed by atoms with Gasteiger partial charge in [-0.2, -0.15) is 0 Å². The molecule has 84 valence electrons. The molecule has 1 aromatic rings. The van der Waals surface area contributed by atoms with Crippen LogP contribution in [0.4, 0.5) is 0 Å². The van der Waals surface area contributed by atoms with E-state index in [1.54, 1.807) is 0 Å². The first-order valence-electron chi connectivity index (χ1n) is 5.69. The second kappa shape index (κ2) is 4.96. The molecule has 0 atom stereocenters. The summed E-state index contributed by atoms with van der Waals surface area (Å²) in [5, 5.41) is 0. The Morgan fingerprint density at radius 2 is 2.12 bits per heavy atom. The maximum atomic E-state index is 12.3. The average Bonchev–Trinajstić information content (AvgIpc) is 2.33. The number of halogens is 1. The van der Waals surface area contributed by atoms with Crippen molar-refractivity contribution in [3.05, 3.63) is 45.4 Å². The van der Waals surface area contributed by atoms with E-state index in [0.29, 0.717) is 0 Å². The monoisotopic (exact) mass is 278 g/mol. The van der Waals surface area contributed by atoms with Crippen LogP contribution in [0.5, 0.6) is 0 Å². The summed E-state index contributed by atoms with van der Waals surface area (Å²) in [7, 11) is 0. The third-order valence-corrected chi connectivity index (χ3v) is 3.95. The lowest BCUT2D eigenvalue weighted by molar-refractivity contribution is 0.102. The topological polar surface area (TPSA) is 17.1 Å². The van der Waals surface area contributed by atoms with Gasteiger partial charge >= 0.3 is 0 Å². The summed E-state index contributed by atoms with van der Waals surface area (Å²) in [5.74, 6) is 0.207. The van der Waals surface area contributed by atoms with Crippen molar-refractivity contribution in [2.75, 3.05) is 0 Å². The molecule has 0 amide bonds. The number of ketones is 1. The first-order chi connectivity index (χ1) is 7.70. The lowest BCUT2D eigenvalue weighted by Crippen LogP contribution is -2.08. The van der Waals surface area contributed by atoms with Gasteiger partial charge in [-0.15, -0.1) is 0 Å². The number of benzene rings is 1. The second-order valence-electron chi connectivity index (χ2n) is 4.22. The molecule has 0 radical (unpaired) electrons. The van der Waals surface area contributed by atoms with Crippen LogP contribution < -0.4 is 0 Å². The summed E-state index contributed by atoms with van der Waals surface area (Å²) in [5.41, 5.74) is 2.87. The predicted molar refractivity (Wildman–Crippen MR) is 69.8 cm³/mol. The molecule has 1 nitrogen and oxygen atoms in total. The average molecular weight is 279 g/mol. The number of rotatable bonds is 2. The molecule has 1 aromatic carbocycles. The maximum Gasteiger partial charge on any atom is 0.188 e. The van der Waals surface area contributed by atoms with Crippen molar-refractivity contribution < 1.29 is 4.79 Å². The Morgan fingerprint density at radius 3 is 2.81 bits per heavy atom. The normalized spacial score (nSPS) is 15.8. The van der Waals surface area contributed by atoms with Gasteiger partial charge in [0.25, 0.3) is 0 Å². The second-order valence-corrected chi connectivity index (χ2v) is 5.07. The summed E-state index contributed by atoms with van der Waals surface area (Å²) in [6, 6.07) is 5.81. The summed E-state index contributed by atoms with van der Waals surface area (Å²) >= 11 is 3.47. The van der Waals surface area contributed by atoms with Crippen LogP contribution in [0, 0.1) is 6.92 Å². The molecule has 0 aromatic heterocycles. The zero-order valence-corrected chi connectivity index (χ0v) is 11.0. The highest BCUT2D eigenvalue weighted by Gasteiger charge is 2.16. The fraction of sp³-hybridized carbons (Fsp3) is 0.357. The highest BCUT2D eigenvalue weighted by molar-refractivity contribution is 9.10. The van der Waals surface area contributed by atoms with Gasteiger partial charge in [0, 0.05) is 10.0 Å². The summed E-state index contributed by atoms with van der Waals surface area (Å²) in [6.07, 6.45) is 6.45. The molecule has 0 N–H and O–H groups in total. The van der Waals surface area contributed by atoms with Crippen molar-refractivity contribution >= 4 is 21.7 Å². The predicted octanol–water partition coefficient (Wildman–Crippen LogP) is 4.44. The zero-order chi connectivity index (χ0) is 11.5. The van der Waals surface area contributed by atoms with Crippen LogP contribution in [0.3, 0.4) is 0 Å². The third-order valence-electron chi connectivity index (χ3n) is 3.09. The molecule has 0 saturated heterocycles. The van der Waals surface area contributed by atoms with Crippen LogP contribution in [0.25, 0.3) is 0 Å². The fourth-order valence-electron chi connectivity index (χ4n) is 2.07. The van der Waals surface area contributed by atoms with Crippen LogP contribution >= 0.6 is 15.9 Å². The van der Waals surface area contributed by atoms with Crippen LogP contribution in [0.15, 0.2) is 34.3 Å². The van der Waals surface area contributed by atoms with Crippen molar-refractivity contribution in [2.45, 2.75) is 32.6 Å². The zero-order valence-electron chi connectivity index (χ0n) is 9.42. The molecule has 2 heteroatoms. The van der Waals surface area contributed by atoms with Gasteiger partial charge in [0.05, 0.1) is 0 Å². The fourth-order valence-corrected chi connectivity index (χ4v) is 2.44. The first kappa shape index (κ1) is 11.6. The molecule has 0 bridgehead atoms. The Balaban J connectivity index is 2.33. The minimum Gasteiger partial charge on any atom is -0.289 e. The molecule has 0 spiro atoms. The highest BCUT2D eigenvalue weighted by atomic mass is 79.9. The van der Waals surface area contributed by atoms with E-state index >= 15 is 0 Å². The van der Waals surface area contributed by atoms with Crippen LogP contribution in [-0.4, -0.2) is 5.78 Å². The van der Waals surface area contributed by atoms with Crippen molar-refractivity contribution in [2.24, 2.45) is 0 Å². The Kier molecular flexibility index (Phi) is 3.59. The highest BCUT2D eigenvalue weighted by Crippen LogP contribution is 2.25. The molecular weight excluding hydrogens is 264 g/mol. The van der Waals surface area contributed by atoms with Crippen LogP contribution in [0.1, 0.15) is 41.6 Å². The Morgan fingerprint density at radius 1 is 1.31 bits per heavy atom. The summed E-state index contributed by atoms with van der Waals surface area (Å²) < 4.78 is 1.01. The van der Waals surface area contributed by atoms with Gasteiger partial charge in [0.2, 0.25) is 0 Å². The summed E-state index contributed by atoms with van der Waals surface area (Å²) in [4.78, 5) is 12.3. The van der Waals surface area contributed by atoms with E-state index in [1.165, 1.54) is 6.42 Å². The molecule has 1 aliphatic carbocycles. The van der Waals surface area contributed by atoms with Crippen LogP contribution in [0.2, 0.25) is 0 Å². The van der Waals surface area contributed by atoms with Crippen LogP contribution in [-0.2, 0) is 0 Å². The lowest BCUT2D eigenvalue weighted by Gasteiger charge is -2.13. The number of hydrogen-bond donors (Lipinski definition) is 0. The van der Waals surface area contributed by atoms with E-state index in [0.717, 1.165) is 40.4 Å². The number of allylic oxidation sites excluding steroid dienone is 2. The van der Waals surface area contributed by atoms with Gasteiger partial charge < -0.3 is 0 Å². The minimum absolute atomic E-state index is 0.207. The maximum absolute atomic E-state index is 12.3. The van der Waals surface area contributed by atoms with E-state index in [4.69, 9.17) is 0 Å². The van der Waals surface area contributed by atoms with Gasteiger partial charge in [0.1, 0.15) is 0 Å². The molecule has 16 heavy (non-hydrogen) atoms. The standard InChI is InChI=1S/C14H15BrO/c1-10-12(8-5-9-13(10)15)14(16)11-6-3-2-4-7-11/h5-6,8-9H,2-4,7H2,1H3.